The van der Waals surface area contributed by atoms with Gasteiger partial charge in [-0.25, -0.2) is 4.98 Å². The second-order valence-corrected chi connectivity index (χ2v) is 6.44. The SMILES string of the molecule is CNCc1ccc(Sc2cc(C)cc(C)n2)c(Br)c1. The third kappa shape index (κ3) is 4.06. The molecular weight excluding hydrogens is 320 g/mol. The number of rotatable bonds is 4. The maximum atomic E-state index is 4.56. The van der Waals surface area contributed by atoms with Crippen LogP contribution in [0.2, 0.25) is 0 Å². The van der Waals surface area contributed by atoms with Crippen LogP contribution in [-0.4, -0.2) is 12.0 Å². The van der Waals surface area contributed by atoms with E-state index in [1.807, 2.05) is 14.0 Å². The van der Waals surface area contributed by atoms with Crippen molar-refractivity contribution >= 4 is 27.7 Å². The van der Waals surface area contributed by atoms with Crippen LogP contribution in [0.4, 0.5) is 0 Å². The van der Waals surface area contributed by atoms with Crippen molar-refractivity contribution in [2.75, 3.05) is 7.05 Å². The van der Waals surface area contributed by atoms with Gasteiger partial charge in [0, 0.05) is 21.6 Å². The van der Waals surface area contributed by atoms with Gasteiger partial charge >= 0.3 is 0 Å². The molecule has 0 aliphatic carbocycles. The quantitative estimate of drug-likeness (QED) is 0.899. The molecule has 0 fully saturated rings. The summed E-state index contributed by atoms with van der Waals surface area (Å²) in [6.07, 6.45) is 0. The number of pyridine rings is 1. The Kier molecular flexibility index (Phi) is 5.02. The number of aryl methyl sites for hydroxylation is 2. The first kappa shape index (κ1) is 14.6. The molecule has 1 heterocycles. The molecule has 1 aromatic carbocycles. The van der Waals surface area contributed by atoms with Gasteiger partial charge in [-0.2, -0.15) is 0 Å². The van der Waals surface area contributed by atoms with Crippen LogP contribution in [0.25, 0.3) is 0 Å². The van der Waals surface area contributed by atoms with Gasteiger partial charge < -0.3 is 5.32 Å². The summed E-state index contributed by atoms with van der Waals surface area (Å²) in [7, 11) is 1.95. The van der Waals surface area contributed by atoms with Crippen molar-refractivity contribution < 1.29 is 0 Å². The van der Waals surface area contributed by atoms with E-state index in [4.69, 9.17) is 0 Å². The van der Waals surface area contributed by atoms with Gasteiger partial charge in [-0.05, 0) is 72.2 Å². The van der Waals surface area contributed by atoms with Crippen LogP contribution in [0.15, 0.2) is 44.7 Å². The van der Waals surface area contributed by atoms with Gasteiger partial charge in [0.05, 0.1) is 0 Å². The molecule has 4 heteroatoms. The number of halogens is 1. The highest BCUT2D eigenvalue weighted by Crippen LogP contribution is 2.33. The second kappa shape index (κ2) is 6.55. The maximum absolute atomic E-state index is 4.56. The average Bonchev–Trinajstić information content (AvgIpc) is 2.32. The van der Waals surface area contributed by atoms with E-state index >= 15 is 0 Å². The van der Waals surface area contributed by atoms with Crippen molar-refractivity contribution in [3.05, 3.63) is 51.6 Å². The summed E-state index contributed by atoms with van der Waals surface area (Å²) in [6, 6.07) is 10.6. The Bertz CT molecular complexity index is 564. The first-order valence-corrected chi connectivity index (χ1v) is 7.75. The molecule has 0 atom stereocenters. The molecule has 1 aromatic heterocycles. The Hall–Kier alpha value is -0.840. The molecule has 0 spiro atoms. The third-order valence-electron chi connectivity index (χ3n) is 2.67. The van der Waals surface area contributed by atoms with Crippen molar-refractivity contribution in [2.24, 2.45) is 0 Å². The smallest absolute Gasteiger partial charge is 0.101 e. The normalized spacial score (nSPS) is 10.7. The van der Waals surface area contributed by atoms with E-state index in [2.05, 4.69) is 63.5 Å². The van der Waals surface area contributed by atoms with Crippen LogP contribution in [0, 0.1) is 13.8 Å². The summed E-state index contributed by atoms with van der Waals surface area (Å²) in [5.41, 5.74) is 3.58. The number of nitrogens with zero attached hydrogens (tertiary/aromatic N) is 1. The molecule has 0 saturated carbocycles. The van der Waals surface area contributed by atoms with E-state index in [0.29, 0.717) is 0 Å². The van der Waals surface area contributed by atoms with Gasteiger partial charge in [0.15, 0.2) is 0 Å². The zero-order chi connectivity index (χ0) is 13.8. The van der Waals surface area contributed by atoms with Gasteiger partial charge in [-0.15, -0.1) is 0 Å². The lowest BCUT2D eigenvalue weighted by Crippen LogP contribution is -2.04. The minimum Gasteiger partial charge on any atom is -0.316 e. The predicted octanol–water partition coefficient (Wildman–Crippen LogP) is 4.33. The van der Waals surface area contributed by atoms with Crippen LogP contribution in [-0.2, 0) is 6.54 Å². The highest BCUT2D eigenvalue weighted by molar-refractivity contribution is 9.10. The highest BCUT2D eigenvalue weighted by Gasteiger charge is 2.06. The van der Waals surface area contributed by atoms with Gasteiger partial charge in [-0.1, -0.05) is 17.8 Å². The zero-order valence-corrected chi connectivity index (χ0v) is 13.7. The number of nitrogens with one attached hydrogen (secondary N) is 1. The number of hydrogen-bond acceptors (Lipinski definition) is 3. The van der Waals surface area contributed by atoms with Crippen LogP contribution in [0.1, 0.15) is 16.8 Å². The van der Waals surface area contributed by atoms with Crippen LogP contribution in [0.3, 0.4) is 0 Å². The van der Waals surface area contributed by atoms with E-state index in [0.717, 1.165) is 21.7 Å². The van der Waals surface area contributed by atoms with Crippen LogP contribution >= 0.6 is 27.7 Å². The van der Waals surface area contributed by atoms with E-state index in [-0.39, 0.29) is 0 Å². The van der Waals surface area contributed by atoms with Gasteiger partial charge in [0.2, 0.25) is 0 Å². The molecular formula is C15H17BrN2S. The van der Waals surface area contributed by atoms with E-state index < -0.39 is 0 Å². The van der Waals surface area contributed by atoms with E-state index in [1.54, 1.807) is 11.8 Å². The fourth-order valence-corrected chi connectivity index (χ4v) is 3.53. The average molecular weight is 337 g/mol. The Morgan fingerprint density at radius 2 is 2.00 bits per heavy atom. The fraction of sp³-hybridized carbons (Fsp3) is 0.267. The maximum Gasteiger partial charge on any atom is 0.101 e. The second-order valence-electron chi connectivity index (χ2n) is 4.52. The molecule has 2 nitrogen and oxygen atoms in total. The Morgan fingerprint density at radius 1 is 1.21 bits per heavy atom. The monoisotopic (exact) mass is 336 g/mol. The molecule has 0 amide bonds. The lowest BCUT2D eigenvalue weighted by molar-refractivity contribution is 0.816. The first-order valence-electron chi connectivity index (χ1n) is 6.14. The van der Waals surface area contributed by atoms with Gasteiger partial charge in [0.25, 0.3) is 0 Å². The minimum absolute atomic E-state index is 0.880. The van der Waals surface area contributed by atoms with Crippen molar-refractivity contribution in [1.82, 2.24) is 10.3 Å². The summed E-state index contributed by atoms with van der Waals surface area (Å²) in [6.45, 7) is 5.01. The Labute approximate surface area is 127 Å². The molecule has 100 valence electrons. The van der Waals surface area contributed by atoms with E-state index in [9.17, 15) is 0 Å². The van der Waals surface area contributed by atoms with Crippen molar-refractivity contribution in [3.8, 4) is 0 Å². The highest BCUT2D eigenvalue weighted by atomic mass is 79.9. The van der Waals surface area contributed by atoms with Gasteiger partial charge in [0.1, 0.15) is 5.03 Å². The number of aromatic nitrogens is 1. The minimum atomic E-state index is 0.880. The molecule has 19 heavy (non-hydrogen) atoms. The third-order valence-corrected chi connectivity index (χ3v) is 4.58. The molecule has 0 bridgehead atoms. The summed E-state index contributed by atoms with van der Waals surface area (Å²) >= 11 is 5.33. The molecule has 2 rings (SSSR count). The molecule has 0 aliphatic rings. The Balaban J connectivity index is 2.23. The lowest BCUT2D eigenvalue weighted by atomic mass is 10.2. The van der Waals surface area contributed by atoms with Crippen LogP contribution in [0.5, 0.6) is 0 Å². The lowest BCUT2D eigenvalue weighted by Gasteiger charge is -2.08. The van der Waals surface area contributed by atoms with Crippen molar-refractivity contribution in [3.63, 3.8) is 0 Å². The van der Waals surface area contributed by atoms with Gasteiger partial charge in [-0.3, -0.25) is 0 Å². The molecule has 1 N–H and O–H groups in total. The molecule has 0 unspecified atom stereocenters. The zero-order valence-electron chi connectivity index (χ0n) is 11.3. The first-order chi connectivity index (χ1) is 9.08. The molecule has 2 aromatic rings. The number of benzene rings is 1. The Morgan fingerprint density at radius 3 is 2.63 bits per heavy atom. The number of hydrogen-bond donors (Lipinski definition) is 1. The predicted molar refractivity (Wildman–Crippen MR) is 84.7 cm³/mol. The molecule has 0 saturated heterocycles. The molecule has 0 radical (unpaired) electrons. The fourth-order valence-electron chi connectivity index (χ4n) is 1.91. The summed E-state index contributed by atoms with van der Waals surface area (Å²) in [5, 5.41) is 4.20. The summed E-state index contributed by atoms with van der Waals surface area (Å²) in [4.78, 5) is 5.75. The van der Waals surface area contributed by atoms with Crippen molar-refractivity contribution in [1.29, 1.82) is 0 Å². The topological polar surface area (TPSA) is 24.9 Å². The van der Waals surface area contributed by atoms with Crippen LogP contribution < -0.4 is 5.32 Å². The summed E-state index contributed by atoms with van der Waals surface area (Å²) in [5.74, 6) is 0. The van der Waals surface area contributed by atoms with E-state index in [1.165, 1.54) is 16.0 Å². The standard InChI is InChI=1S/C15H17BrN2S/c1-10-6-11(2)18-15(7-10)19-14-5-4-12(9-17-3)8-13(14)16/h4-8,17H,9H2,1-3H3. The molecule has 0 aliphatic heterocycles. The largest absolute Gasteiger partial charge is 0.316 e. The van der Waals surface area contributed by atoms with Crippen molar-refractivity contribution in [2.45, 2.75) is 30.3 Å². The summed E-state index contributed by atoms with van der Waals surface area (Å²) < 4.78 is 1.12.